The molecular formula is C19H24O5. The van der Waals surface area contributed by atoms with Gasteiger partial charge >= 0.3 is 5.97 Å². The summed E-state index contributed by atoms with van der Waals surface area (Å²) in [5.41, 5.74) is -0.764. The van der Waals surface area contributed by atoms with Crippen LogP contribution in [0.3, 0.4) is 0 Å². The molecule has 0 aliphatic heterocycles. The van der Waals surface area contributed by atoms with Gasteiger partial charge in [0.1, 0.15) is 22.5 Å². The molecule has 0 N–H and O–H groups in total. The summed E-state index contributed by atoms with van der Waals surface area (Å²) in [6.45, 7) is 6.75. The van der Waals surface area contributed by atoms with Crippen LogP contribution < -0.4 is 4.74 Å². The maximum Gasteiger partial charge on any atom is 0.320 e. The minimum atomic E-state index is -1.33. The Hall–Kier alpha value is -2.17. The van der Waals surface area contributed by atoms with E-state index in [2.05, 4.69) is 0 Å². The number of esters is 1. The van der Waals surface area contributed by atoms with E-state index in [1.54, 1.807) is 46.1 Å². The average Bonchev–Trinajstić information content (AvgIpc) is 2.76. The molecule has 0 amide bonds. The van der Waals surface area contributed by atoms with Gasteiger partial charge in [-0.1, -0.05) is 0 Å². The molecule has 130 valence electrons. The van der Waals surface area contributed by atoms with Crippen molar-refractivity contribution in [2.45, 2.75) is 52.6 Å². The summed E-state index contributed by atoms with van der Waals surface area (Å²) < 4.78 is 10.7. The number of fused-ring (bicyclic) bond motifs is 1. The molecular weight excluding hydrogens is 308 g/mol. The van der Waals surface area contributed by atoms with Gasteiger partial charge in [0.15, 0.2) is 5.78 Å². The SMILES string of the molecule is COc1ccc2c(c1)C[C@@](CCC(C)=O)(C(=O)OC(C)(C)C)C2=O. The van der Waals surface area contributed by atoms with E-state index in [0.717, 1.165) is 5.56 Å². The molecule has 1 aliphatic rings. The van der Waals surface area contributed by atoms with Crippen molar-refractivity contribution in [3.8, 4) is 5.75 Å². The first kappa shape index (κ1) is 18.2. The van der Waals surface area contributed by atoms with Gasteiger partial charge in [0, 0.05) is 12.0 Å². The Balaban J connectivity index is 2.42. The zero-order valence-electron chi connectivity index (χ0n) is 14.9. The van der Waals surface area contributed by atoms with Crippen LogP contribution in [0.15, 0.2) is 18.2 Å². The van der Waals surface area contributed by atoms with Crippen LogP contribution in [0.2, 0.25) is 0 Å². The van der Waals surface area contributed by atoms with Crippen LogP contribution in [0.5, 0.6) is 5.75 Å². The van der Waals surface area contributed by atoms with Crippen LogP contribution in [0.4, 0.5) is 0 Å². The van der Waals surface area contributed by atoms with E-state index in [4.69, 9.17) is 9.47 Å². The highest BCUT2D eigenvalue weighted by Gasteiger charge is 2.53. The third-order valence-electron chi connectivity index (χ3n) is 4.18. The van der Waals surface area contributed by atoms with E-state index in [9.17, 15) is 14.4 Å². The molecule has 1 atom stereocenters. The molecule has 0 unspecified atom stereocenters. The Morgan fingerprint density at radius 3 is 2.46 bits per heavy atom. The van der Waals surface area contributed by atoms with Gasteiger partial charge in [-0.15, -0.1) is 0 Å². The maximum absolute atomic E-state index is 13.0. The first-order valence-electron chi connectivity index (χ1n) is 8.04. The molecule has 5 nitrogen and oxygen atoms in total. The number of hydrogen-bond donors (Lipinski definition) is 0. The highest BCUT2D eigenvalue weighted by molar-refractivity contribution is 6.16. The normalized spacial score (nSPS) is 19.8. The van der Waals surface area contributed by atoms with Crippen LogP contribution >= 0.6 is 0 Å². The van der Waals surface area contributed by atoms with Crippen molar-refractivity contribution in [2.24, 2.45) is 5.41 Å². The number of carbonyl (C=O) groups excluding carboxylic acids is 3. The number of rotatable bonds is 5. The van der Waals surface area contributed by atoms with E-state index >= 15 is 0 Å². The maximum atomic E-state index is 13.0. The predicted octanol–water partition coefficient (Wildman–Crippen LogP) is 3.13. The Bertz CT molecular complexity index is 683. The predicted molar refractivity (Wildman–Crippen MR) is 89.2 cm³/mol. The molecule has 5 heteroatoms. The van der Waals surface area contributed by atoms with Crippen LogP contribution in [0.25, 0.3) is 0 Å². The number of ether oxygens (including phenoxy) is 2. The summed E-state index contributed by atoms with van der Waals surface area (Å²) in [6, 6.07) is 5.15. The topological polar surface area (TPSA) is 69.7 Å². The molecule has 0 saturated heterocycles. The van der Waals surface area contributed by atoms with Gasteiger partial charge in [0.2, 0.25) is 0 Å². The van der Waals surface area contributed by atoms with E-state index in [1.807, 2.05) is 0 Å². The van der Waals surface area contributed by atoms with E-state index < -0.39 is 17.0 Å². The smallest absolute Gasteiger partial charge is 0.320 e. The Kier molecular flexibility index (Phi) is 4.83. The molecule has 1 aromatic carbocycles. The van der Waals surface area contributed by atoms with Crippen molar-refractivity contribution in [3.05, 3.63) is 29.3 Å². The molecule has 0 heterocycles. The van der Waals surface area contributed by atoms with E-state index in [0.29, 0.717) is 11.3 Å². The number of carbonyl (C=O) groups is 3. The standard InChI is InChI=1S/C19H24O5/c1-12(20)8-9-19(17(22)24-18(2,3)4)11-13-10-14(23-5)6-7-15(13)16(19)21/h6-7,10H,8-9,11H2,1-5H3/t19-/m1/s1. The van der Waals surface area contributed by atoms with Gasteiger partial charge in [0.25, 0.3) is 0 Å². The lowest BCUT2D eigenvalue weighted by Gasteiger charge is -2.29. The minimum absolute atomic E-state index is 0.0562. The van der Waals surface area contributed by atoms with Gasteiger partial charge in [-0.3, -0.25) is 9.59 Å². The number of ketones is 2. The van der Waals surface area contributed by atoms with E-state index in [-0.39, 0.29) is 30.8 Å². The summed E-state index contributed by atoms with van der Waals surface area (Å²) in [6.07, 6.45) is 0.559. The molecule has 1 aromatic rings. The minimum Gasteiger partial charge on any atom is -0.497 e. The van der Waals surface area contributed by atoms with Gasteiger partial charge in [-0.05, 0) is 64.3 Å². The van der Waals surface area contributed by atoms with Gasteiger partial charge in [-0.2, -0.15) is 0 Å². The molecule has 0 fully saturated rings. The second-order valence-corrected chi connectivity index (χ2v) is 7.31. The van der Waals surface area contributed by atoms with Crippen LogP contribution in [-0.4, -0.2) is 30.2 Å². The lowest BCUT2D eigenvalue weighted by Crippen LogP contribution is -2.42. The monoisotopic (exact) mass is 332 g/mol. The lowest BCUT2D eigenvalue weighted by atomic mass is 9.78. The lowest BCUT2D eigenvalue weighted by molar-refractivity contribution is -0.164. The van der Waals surface area contributed by atoms with Gasteiger partial charge in [0.05, 0.1) is 7.11 Å². The summed E-state index contributed by atoms with van der Waals surface area (Å²) in [4.78, 5) is 37.3. The van der Waals surface area contributed by atoms with Crippen molar-refractivity contribution >= 4 is 17.5 Å². The number of Topliss-reactive ketones (excluding diaryl/α,β-unsaturated/α-hetero) is 2. The number of benzene rings is 1. The highest BCUT2D eigenvalue weighted by Crippen LogP contribution is 2.43. The fourth-order valence-corrected chi connectivity index (χ4v) is 2.96. The third kappa shape index (κ3) is 3.50. The molecule has 2 rings (SSSR count). The molecule has 0 radical (unpaired) electrons. The molecule has 24 heavy (non-hydrogen) atoms. The molecule has 1 aliphatic carbocycles. The fourth-order valence-electron chi connectivity index (χ4n) is 2.96. The zero-order chi connectivity index (χ0) is 18.1. The van der Waals surface area contributed by atoms with Gasteiger partial charge in [-0.25, -0.2) is 0 Å². The van der Waals surface area contributed by atoms with Crippen LogP contribution in [0.1, 0.15) is 56.5 Å². The van der Waals surface area contributed by atoms with Crippen LogP contribution in [-0.2, 0) is 20.7 Å². The Labute approximate surface area is 142 Å². The summed E-state index contributed by atoms with van der Waals surface area (Å²) in [7, 11) is 1.55. The molecule has 0 spiro atoms. The zero-order valence-corrected chi connectivity index (χ0v) is 14.9. The summed E-state index contributed by atoms with van der Waals surface area (Å²) in [5, 5.41) is 0. The van der Waals surface area contributed by atoms with Gasteiger partial charge < -0.3 is 14.3 Å². The molecule has 0 bridgehead atoms. The van der Waals surface area contributed by atoms with Crippen molar-refractivity contribution in [1.82, 2.24) is 0 Å². The highest BCUT2D eigenvalue weighted by atomic mass is 16.6. The summed E-state index contributed by atoms with van der Waals surface area (Å²) >= 11 is 0. The third-order valence-corrected chi connectivity index (χ3v) is 4.18. The number of hydrogen-bond acceptors (Lipinski definition) is 5. The molecule has 0 aromatic heterocycles. The largest absolute Gasteiger partial charge is 0.497 e. The quantitative estimate of drug-likeness (QED) is 0.612. The van der Waals surface area contributed by atoms with Crippen molar-refractivity contribution in [1.29, 1.82) is 0 Å². The van der Waals surface area contributed by atoms with Crippen LogP contribution in [0, 0.1) is 5.41 Å². The number of methoxy groups -OCH3 is 1. The first-order valence-corrected chi connectivity index (χ1v) is 8.04. The van der Waals surface area contributed by atoms with Crippen molar-refractivity contribution < 1.29 is 23.9 Å². The second-order valence-electron chi connectivity index (χ2n) is 7.31. The first-order chi connectivity index (χ1) is 11.1. The average molecular weight is 332 g/mol. The summed E-state index contributed by atoms with van der Waals surface area (Å²) in [5.74, 6) is -0.251. The van der Waals surface area contributed by atoms with Crippen molar-refractivity contribution in [2.75, 3.05) is 7.11 Å². The second kappa shape index (κ2) is 6.38. The fraction of sp³-hybridized carbons (Fsp3) is 0.526. The Morgan fingerprint density at radius 2 is 1.92 bits per heavy atom. The Morgan fingerprint density at radius 1 is 1.25 bits per heavy atom. The molecule has 0 saturated carbocycles. The van der Waals surface area contributed by atoms with E-state index in [1.165, 1.54) is 6.92 Å². The van der Waals surface area contributed by atoms with Crippen molar-refractivity contribution in [3.63, 3.8) is 0 Å².